The second kappa shape index (κ2) is 3.81. The molecule has 0 aliphatic carbocycles. The summed E-state index contributed by atoms with van der Waals surface area (Å²) in [6.45, 7) is 3.09. The lowest BCUT2D eigenvalue weighted by atomic mass is 9.85. The van der Waals surface area contributed by atoms with E-state index in [4.69, 9.17) is 5.11 Å². The molecule has 0 aromatic heterocycles. The Morgan fingerprint density at radius 2 is 1.73 bits per heavy atom. The second-order valence-corrected chi connectivity index (χ2v) is 4.14. The van der Waals surface area contributed by atoms with Crippen LogP contribution in [0, 0.1) is 5.41 Å². The van der Waals surface area contributed by atoms with E-state index in [1.807, 2.05) is 0 Å². The molecule has 4 heteroatoms. The SMILES string of the molecule is CC(C)(Cc1c(O)cccc1O)C(=O)O. The van der Waals surface area contributed by atoms with E-state index in [0.717, 1.165) is 0 Å². The number of hydrogen-bond donors (Lipinski definition) is 3. The monoisotopic (exact) mass is 210 g/mol. The molecule has 0 saturated heterocycles. The molecule has 0 aliphatic rings. The highest BCUT2D eigenvalue weighted by Crippen LogP contribution is 2.33. The van der Waals surface area contributed by atoms with Crippen molar-refractivity contribution in [3.8, 4) is 11.5 Å². The van der Waals surface area contributed by atoms with Gasteiger partial charge in [-0.15, -0.1) is 0 Å². The van der Waals surface area contributed by atoms with Crippen LogP contribution >= 0.6 is 0 Å². The van der Waals surface area contributed by atoms with Crippen LogP contribution < -0.4 is 0 Å². The molecule has 0 saturated carbocycles. The van der Waals surface area contributed by atoms with E-state index in [-0.39, 0.29) is 23.5 Å². The summed E-state index contributed by atoms with van der Waals surface area (Å²) < 4.78 is 0. The van der Waals surface area contributed by atoms with E-state index in [1.165, 1.54) is 18.2 Å². The third kappa shape index (κ3) is 2.40. The Hall–Kier alpha value is -1.71. The van der Waals surface area contributed by atoms with Gasteiger partial charge in [0.05, 0.1) is 5.41 Å². The van der Waals surface area contributed by atoms with Crippen molar-refractivity contribution in [2.24, 2.45) is 5.41 Å². The van der Waals surface area contributed by atoms with Crippen molar-refractivity contribution in [2.75, 3.05) is 0 Å². The zero-order chi connectivity index (χ0) is 11.6. The number of carboxylic acids is 1. The molecule has 0 bridgehead atoms. The number of carboxylic acid groups (broad SMARTS) is 1. The number of rotatable bonds is 3. The number of phenolic OH excluding ortho intramolecular Hbond substituents is 2. The summed E-state index contributed by atoms with van der Waals surface area (Å²) in [4.78, 5) is 10.9. The quantitative estimate of drug-likeness (QED) is 0.710. The topological polar surface area (TPSA) is 77.8 Å². The van der Waals surface area contributed by atoms with Crippen molar-refractivity contribution >= 4 is 5.97 Å². The maximum atomic E-state index is 10.9. The summed E-state index contributed by atoms with van der Waals surface area (Å²) in [5.41, 5.74) is -0.749. The molecule has 0 amide bonds. The maximum absolute atomic E-state index is 10.9. The molecule has 1 aromatic carbocycles. The van der Waals surface area contributed by atoms with Crippen LogP contribution in [0.1, 0.15) is 19.4 Å². The van der Waals surface area contributed by atoms with E-state index in [1.54, 1.807) is 13.8 Å². The lowest BCUT2D eigenvalue weighted by molar-refractivity contribution is -0.146. The Bertz CT molecular complexity index is 362. The van der Waals surface area contributed by atoms with Gasteiger partial charge in [-0.05, 0) is 32.4 Å². The van der Waals surface area contributed by atoms with Gasteiger partial charge in [0.15, 0.2) is 0 Å². The van der Waals surface area contributed by atoms with Gasteiger partial charge in [-0.2, -0.15) is 0 Å². The van der Waals surface area contributed by atoms with Crippen LogP contribution in [0.3, 0.4) is 0 Å². The number of benzene rings is 1. The van der Waals surface area contributed by atoms with Gasteiger partial charge in [-0.3, -0.25) is 4.79 Å². The highest BCUT2D eigenvalue weighted by atomic mass is 16.4. The van der Waals surface area contributed by atoms with Crippen LogP contribution in [0.4, 0.5) is 0 Å². The highest BCUT2D eigenvalue weighted by molar-refractivity contribution is 5.74. The van der Waals surface area contributed by atoms with Crippen molar-refractivity contribution in [2.45, 2.75) is 20.3 Å². The zero-order valence-electron chi connectivity index (χ0n) is 8.69. The molecule has 15 heavy (non-hydrogen) atoms. The van der Waals surface area contributed by atoms with Crippen molar-refractivity contribution in [1.29, 1.82) is 0 Å². The summed E-state index contributed by atoms with van der Waals surface area (Å²) >= 11 is 0. The number of aromatic hydroxyl groups is 2. The van der Waals surface area contributed by atoms with Crippen LogP contribution in [0.5, 0.6) is 11.5 Å². The summed E-state index contributed by atoms with van der Waals surface area (Å²) in [6, 6.07) is 4.35. The van der Waals surface area contributed by atoms with Crippen molar-refractivity contribution < 1.29 is 20.1 Å². The maximum Gasteiger partial charge on any atom is 0.309 e. The predicted molar refractivity (Wildman–Crippen MR) is 54.9 cm³/mol. The van der Waals surface area contributed by atoms with Crippen LogP contribution in [0.15, 0.2) is 18.2 Å². The second-order valence-electron chi connectivity index (χ2n) is 4.14. The van der Waals surface area contributed by atoms with E-state index < -0.39 is 11.4 Å². The minimum absolute atomic E-state index is 0.0793. The van der Waals surface area contributed by atoms with Crippen molar-refractivity contribution in [1.82, 2.24) is 0 Å². The molecule has 82 valence electrons. The Balaban J connectivity index is 3.04. The van der Waals surface area contributed by atoms with Gasteiger partial charge in [0, 0.05) is 5.56 Å². The molecular formula is C11H14O4. The summed E-state index contributed by atoms with van der Waals surface area (Å²) in [7, 11) is 0. The van der Waals surface area contributed by atoms with Gasteiger partial charge in [-0.1, -0.05) is 6.07 Å². The van der Waals surface area contributed by atoms with Crippen LogP contribution in [0.2, 0.25) is 0 Å². The molecule has 4 nitrogen and oxygen atoms in total. The van der Waals surface area contributed by atoms with Crippen molar-refractivity contribution in [3.05, 3.63) is 23.8 Å². The minimum atomic E-state index is -1.02. The average Bonchev–Trinajstić information content (AvgIpc) is 2.11. The Morgan fingerprint density at radius 1 is 1.27 bits per heavy atom. The Kier molecular flexibility index (Phi) is 2.88. The van der Waals surface area contributed by atoms with Crippen LogP contribution in [-0.4, -0.2) is 21.3 Å². The molecule has 1 aromatic rings. The predicted octanol–water partition coefficient (Wildman–Crippen LogP) is 1.75. The van der Waals surface area contributed by atoms with Gasteiger partial charge in [0.25, 0.3) is 0 Å². The Labute approximate surface area is 87.8 Å². The molecule has 0 unspecified atom stereocenters. The molecule has 3 N–H and O–H groups in total. The minimum Gasteiger partial charge on any atom is -0.508 e. The molecule has 0 fully saturated rings. The molecule has 0 spiro atoms. The fourth-order valence-electron chi connectivity index (χ4n) is 1.26. The van der Waals surface area contributed by atoms with Crippen molar-refractivity contribution in [3.63, 3.8) is 0 Å². The van der Waals surface area contributed by atoms with Crippen LogP contribution in [0.25, 0.3) is 0 Å². The standard InChI is InChI=1S/C11H14O4/c1-11(2,10(14)15)6-7-8(12)4-3-5-9(7)13/h3-5,12-13H,6H2,1-2H3,(H,14,15). The van der Waals surface area contributed by atoms with E-state index in [2.05, 4.69) is 0 Å². The van der Waals surface area contributed by atoms with E-state index >= 15 is 0 Å². The van der Waals surface area contributed by atoms with Gasteiger partial charge >= 0.3 is 5.97 Å². The summed E-state index contributed by atoms with van der Waals surface area (Å²) in [6.07, 6.45) is 0.0842. The molecular weight excluding hydrogens is 196 g/mol. The lowest BCUT2D eigenvalue weighted by Gasteiger charge is -2.20. The fourth-order valence-corrected chi connectivity index (χ4v) is 1.26. The third-order valence-corrected chi connectivity index (χ3v) is 2.32. The summed E-state index contributed by atoms with van der Waals surface area (Å²) in [5, 5.41) is 27.9. The first kappa shape index (κ1) is 11.4. The number of hydrogen-bond acceptors (Lipinski definition) is 3. The van der Waals surface area contributed by atoms with E-state index in [9.17, 15) is 15.0 Å². The number of carbonyl (C=O) groups is 1. The normalized spacial score (nSPS) is 11.3. The number of aliphatic carboxylic acids is 1. The van der Waals surface area contributed by atoms with E-state index in [0.29, 0.717) is 0 Å². The first-order valence-electron chi connectivity index (χ1n) is 4.58. The largest absolute Gasteiger partial charge is 0.508 e. The average molecular weight is 210 g/mol. The van der Waals surface area contributed by atoms with Gasteiger partial charge in [-0.25, -0.2) is 0 Å². The molecule has 0 heterocycles. The summed E-state index contributed by atoms with van der Waals surface area (Å²) in [5.74, 6) is -1.13. The van der Waals surface area contributed by atoms with Crippen LogP contribution in [-0.2, 0) is 11.2 Å². The van der Waals surface area contributed by atoms with Gasteiger partial charge < -0.3 is 15.3 Å². The smallest absolute Gasteiger partial charge is 0.309 e. The fraction of sp³-hybridized carbons (Fsp3) is 0.364. The lowest BCUT2D eigenvalue weighted by Crippen LogP contribution is -2.26. The van der Waals surface area contributed by atoms with Gasteiger partial charge in [0.1, 0.15) is 11.5 Å². The first-order valence-corrected chi connectivity index (χ1v) is 4.58. The Morgan fingerprint density at radius 3 is 2.13 bits per heavy atom. The zero-order valence-corrected chi connectivity index (χ0v) is 8.69. The molecule has 1 rings (SSSR count). The van der Waals surface area contributed by atoms with Gasteiger partial charge in [0.2, 0.25) is 0 Å². The third-order valence-electron chi connectivity index (χ3n) is 2.32. The highest BCUT2D eigenvalue weighted by Gasteiger charge is 2.29. The first-order chi connectivity index (χ1) is 6.84. The molecule has 0 radical (unpaired) electrons. The number of phenols is 2. The molecule has 0 aliphatic heterocycles. The molecule has 0 atom stereocenters.